The summed E-state index contributed by atoms with van der Waals surface area (Å²) in [7, 11) is 0. The van der Waals surface area contributed by atoms with Gasteiger partial charge in [-0.3, -0.25) is 9.59 Å². The maximum Gasteiger partial charge on any atom is 0.407 e. The molecular formula is C25H28N2O5. The molecule has 2 N–H and O–H groups in total. The lowest BCUT2D eigenvalue weighted by atomic mass is 9.98. The van der Waals surface area contributed by atoms with Crippen LogP contribution in [0.3, 0.4) is 0 Å². The predicted octanol–water partition coefficient (Wildman–Crippen LogP) is 3.63. The van der Waals surface area contributed by atoms with Crippen LogP contribution < -0.4 is 5.32 Å². The fourth-order valence-electron chi connectivity index (χ4n) is 4.36. The Morgan fingerprint density at radius 1 is 1.06 bits per heavy atom. The van der Waals surface area contributed by atoms with E-state index in [1.807, 2.05) is 43.3 Å². The number of carboxylic acids is 1. The molecule has 32 heavy (non-hydrogen) atoms. The molecule has 1 saturated carbocycles. The van der Waals surface area contributed by atoms with E-state index in [0.29, 0.717) is 19.0 Å². The molecular weight excluding hydrogens is 408 g/mol. The fraction of sp³-hybridized carbons (Fsp3) is 0.400. The van der Waals surface area contributed by atoms with E-state index in [1.54, 1.807) is 4.90 Å². The highest BCUT2D eigenvalue weighted by atomic mass is 16.5. The van der Waals surface area contributed by atoms with Crippen molar-refractivity contribution in [2.45, 2.75) is 38.1 Å². The molecule has 2 aromatic rings. The third-order valence-electron chi connectivity index (χ3n) is 6.18. The van der Waals surface area contributed by atoms with Crippen LogP contribution >= 0.6 is 0 Å². The summed E-state index contributed by atoms with van der Waals surface area (Å²) >= 11 is 0. The van der Waals surface area contributed by atoms with Gasteiger partial charge >= 0.3 is 12.1 Å². The van der Waals surface area contributed by atoms with Crippen LogP contribution in [-0.2, 0) is 14.3 Å². The van der Waals surface area contributed by atoms with Crippen LogP contribution in [0.2, 0.25) is 0 Å². The Balaban J connectivity index is 1.42. The highest BCUT2D eigenvalue weighted by molar-refractivity contribution is 5.89. The summed E-state index contributed by atoms with van der Waals surface area (Å²) in [5.74, 6) is -1.16. The lowest BCUT2D eigenvalue weighted by Crippen LogP contribution is -2.50. The molecule has 0 radical (unpaired) electrons. The molecule has 0 saturated heterocycles. The van der Waals surface area contributed by atoms with Gasteiger partial charge in [-0.15, -0.1) is 0 Å². The molecule has 0 spiro atoms. The van der Waals surface area contributed by atoms with Gasteiger partial charge in [0, 0.05) is 19.0 Å². The number of nitrogens with one attached hydrogen (secondary N) is 1. The van der Waals surface area contributed by atoms with Crippen molar-refractivity contribution in [3.8, 4) is 11.1 Å². The summed E-state index contributed by atoms with van der Waals surface area (Å²) in [5.41, 5.74) is 4.41. The highest BCUT2D eigenvalue weighted by Gasteiger charge is 2.33. The largest absolute Gasteiger partial charge is 0.481 e. The Morgan fingerprint density at radius 3 is 2.19 bits per heavy atom. The minimum absolute atomic E-state index is 0.105. The molecule has 2 aromatic carbocycles. The van der Waals surface area contributed by atoms with Crippen LogP contribution in [0.5, 0.6) is 0 Å². The van der Waals surface area contributed by atoms with Crippen LogP contribution in [0.25, 0.3) is 11.1 Å². The zero-order valence-electron chi connectivity index (χ0n) is 18.1. The molecule has 0 bridgehead atoms. The molecule has 168 valence electrons. The Morgan fingerprint density at radius 2 is 1.66 bits per heavy atom. The number of aliphatic carboxylic acids is 1. The number of alkyl carbamates (subject to hydrolysis) is 1. The summed E-state index contributed by atoms with van der Waals surface area (Å²) < 4.78 is 5.49. The van der Waals surface area contributed by atoms with Crippen molar-refractivity contribution in [2.75, 3.05) is 19.7 Å². The number of benzene rings is 2. The summed E-state index contributed by atoms with van der Waals surface area (Å²) in [6.45, 7) is 3.02. The van der Waals surface area contributed by atoms with E-state index >= 15 is 0 Å². The summed E-state index contributed by atoms with van der Waals surface area (Å²) in [5, 5.41) is 11.7. The first-order chi connectivity index (χ1) is 15.5. The SMILES string of the molecule is CCN(CC1CC1)C(=O)C(CC(=O)O)NC(=O)OCC1c2ccccc2-c2ccccc21. The Hall–Kier alpha value is -3.35. The third-order valence-corrected chi connectivity index (χ3v) is 6.18. The number of fused-ring (bicyclic) bond motifs is 3. The van der Waals surface area contributed by atoms with Gasteiger partial charge < -0.3 is 20.1 Å². The number of carbonyl (C=O) groups is 3. The van der Waals surface area contributed by atoms with Crippen LogP contribution in [0, 0.1) is 5.92 Å². The monoisotopic (exact) mass is 436 g/mol. The molecule has 0 heterocycles. The maximum absolute atomic E-state index is 12.9. The van der Waals surface area contributed by atoms with Crippen molar-refractivity contribution in [2.24, 2.45) is 5.92 Å². The summed E-state index contributed by atoms with van der Waals surface area (Å²) in [6, 6.07) is 14.9. The van der Waals surface area contributed by atoms with Gasteiger partial charge in [-0.2, -0.15) is 0 Å². The number of amides is 2. The fourth-order valence-corrected chi connectivity index (χ4v) is 4.36. The first-order valence-corrected chi connectivity index (χ1v) is 11.1. The standard InChI is InChI=1S/C25H28N2O5/c1-2-27(14-16-11-12-16)24(30)22(13-23(28)29)26-25(31)32-15-21-19-9-5-3-7-17(19)18-8-4-6-10-20(18)21/h3-10,16,21-22H,2,11-15H2,1H3,(H,26,31)(H,28,29). The van der Waals surface area contributed by atoms with E-state index in [0.717, 1.165) is 35.1 Å². The smallest absolute Gasteiger partial charge is 0.407 e. The highest BCUT2D eigenvalue weighted by Crippen LogP contribution is 2.44. The van der Waals surface area contributed by atoms with E-state index in [4.69, 9.17) is 4.74 Å². The third kappa shape index (κ3) is 4.77. The van der Waals surface area contributed by atoms with Crippen molar-refractivity contribution >= 4 is 18.0 Å². The molecule has 7 nitrogen and oxygen atoms in total. The van der Waals surface area contributed by atoms with Crippen LogP contribution in [0.1, 0.15) is 43.2 Å². The van der Waals surface area contributed by atoms with Gasteiger partial charge in [0.15, 0.2) is 0 Å². The molecule has 2 aliphatic rings. The number of ether oxygens (including phenoxy) is 1. The van der Waals surface area contributed by atoms with Crippen LogP contribution in [0.4, 0.5) is 4.79 Å². The summed E-state index contributed by atoms with van der Waals surface area (Å²) in [4.78, 5) is 38.4. The van der Waals surface area contributed by atoms with Crippen molar-refractivity contribution in [1.29, 1.82) is 0 Å². The molecule has 1 unspecified atom stereocenters. The first-order valence-electron chi connectivity index (χ1n) is 11.1. The van der Waals surface area contributed by atoms with Gasteiger partial charge in [-0.1, -0.05) is 48.5 Å². The van der Waals surface area contributed by atoms with Crippen molar-refractivity contribution in [3.63, 3.8) is 0 Å². The summed E-state index contributed by atoms with van der Waals surface area (Å²) in [6.07, 6.45) is 0.888. The van der Waals surface area contributed by atoms with E-state index in [-0.39, 0.29) is 18.4 Å². The van der Waals surface area contributed by atoms with Gasteiger partial charge in [0.05, 0.1) is 6.42 Å². The number of hydrogen-bond acceptors (Lipinski definition) is 4. The van der Waals surface area contributed by atoms with Crippen LogP contribution in [0.15, 0.2) is 48.5 Å². The second-order valence-corrected chi connectivity index (χ2v) is 8.44. The van der Waals surface area contributed by atoms with Gasteiger partial charge in [-0.05, 0) is 47.9 Å². The van der Waals surface area contributed by atoms with Gasteiger partial charge in [-0.25, -0.2) is 4.79 Å². The minimum atomic E-state index is -1.15. The van der Waals surface area contributed by atoms with Gasteiger partial charge in [0.25, 0.3) is 0 Å². The van der Waals surface area contributed by atoms with Crippen molar-refractivity contribution in [1.82, 2.24) is 10.2 Å². The Labute approximate surface area is 187 Å². The molecule has 2 amide bonds. The number of hydrogen-bond donors (Lipinski definition) is 2. The molecule has 1 atom stereocenters. The Bertz CT molecular complexity index is 971. The topological polar surface area (TPSA) is 95.9 Å². The second kappa shape index (κ2) is 9.42. The van der Waals surface area contributed by atoms with Gasteiger partial charge in [0.2, 0.25) is 5.91 Å². The van der Waals surface area contributed by atoms with Crippen molar-refractivity contribution < 1.29 is 24.2 Å². The lowest BCUT2D eigenvalue weighted by molar-refractivity contribution is -0.142. The number of carboxylic acid groups (broad SMARTS) is 1. The Kier molecular flexibility index (Phi) is 6.44. The molecule has 0 aromatic heterocycles. The predicted molar refractivity (Wildman–Crippen MR) is 119 cm³/mol. The second-order valence-electron chi connectivity index (χ2n) is 8.44. The first kappa shape index (κ1) is 21.9. The molecule has 0 aliphatic heterocycles. The van der Waals surface area contributed by atoms with Crippen molar-refractivity contribution in [3.05, 3.63) is 59.7 Å². The van der Waals surface area contributed by atoms with E-state index in [1.165, 1.54) is 0 Å². The zero-order valence-corrected chi connectivity index (χ0v) is 18.1. The molecule has 1 fully saturated rings. The maximum atomic E-state index is 12.9. The molecule has 7 heteroatoms. The molecule has 2 aliphatic carbocycles. The average molecular weight is 437 g/mol. The quantitative estimate of drug-likeness (QED) is 0.626. The number of likely N-dealkylation sites (N-methyl/N-ethyl adjacent to an activating group) is 1. The van der Waals surface area contributed by atoms with E-state index in [2.05, 4.69) is 17.4 Å². The van der Waals surface area contributed by atoms with Gasteiger partial charge in [0.1, 0.15) is 12.6 Å². The van der Waals surface area contributed by atoms with E-state index in [9.17, 15) is 19.5 Å². The normalized spacial score (nSPS) is 15.4. The number of rotatable bonds is 9. The average Bonchev–Trinajstić information content (AvgIpc) is 3.55. The minimum Gasteiger partial charge on any atom is -0.481 e. The number of carbonyl (C=O) groups excluding carboxylic acids is 2. The zero-order chi connectivity index (χ0) is 22.7. The van der Waals surface area contributed by atoms with Crippen LogP contribution in [-0.4, -0.2) is 53.7 Å². The van der Waals surface area contributed by atoms with E-state index < -0.39 is 24.5 Å². The number of nitrogens with zero attached hydrogens (tertiary/aromatic N) is 1. The lowest BCUT2D eigenvalue weighted by Gasteiger charge is -2.26. The molecule has 4 rings (SSSR count).